The molecule has 1 rings (SSSR count). The van der Waals surface area contributed by atoms with Crippen LogP contribution in [0.1, 0.15) is 32.2 Å². The lowest BCUT2D eigenvalue weighted by molar-refractivity contribution is 0.129. The Hall–Kier alpha value is -0.540. The molecule has 1 aromatic rings. The lowest BCUT2D eigenvalue weighted by atomic mass is 9.78. The molecular weight excluding hydrogens is 224 g/mol. The Labute approximate surface area is 102 Å². The van der Waals surface area contributed by atoms with Crippen molar-refractivity contribution in [2.75, 3.05) is 6.61 Å². The molecule has 1 aromatic heterocycles. The molecule has 0 spiro atoms. The van der Waals surface area contributed by atoms with Crippen molar-refractivity contribution in [1.29, 1.82) is 0 Å². The summed E-state index contributed by atoms with van der Waals surface area (Å²) in [6.07, 6.45) is 0.760. The fraction of sp³-hybridized carbons (Fsp3) is 0.750. The van der Waals surface area contributed by atoms with E-state index in [0.29, 0.717) is 0 Å². The summed E-state index contributed by atoms with van der Waals surface area (Å²) in [6.45, 7) is 8.46. The largest absolute Gasteiger partial charge is 0.396 e. The molecule has 3 nitrogen and oxygen atoms in total. The Morgan fingerprint density at radius 1 is 1.44 bits per heavy atom. The van der Waals surface area contributed by atoms with E-state index in [4.69, 9.17) is 11.6 Å². The highest BCUT2D eigenvalue weighted by molar-refractivity contribution is 6.31. The zero-order valence-corrected chi connectivity index (χ0v) is 11.5. The molecule has 0 aliphatic rings. The Morgan fingerprint density at radius 3 is 2.31 bits per heavy atom. The molecule has 0 bridgehead atoms. The van der Waals surface area contributed by atoms with Crippen LogP contribution in [-0.4, -0.2) is 21.5 Å². The van der Waals surface area contributed by atoms with Gasteiger partial charge in [0.2, 0.25) is 0 Å². The molecular formula is C12H21ClN2O. The van der Waals surface area contributed by atoms with E-state index < -0.39 is 0 Å². The highest BCUT2D eigenvalue weighted by Crippen LogP contribution is 2.31. The Kier molecular flexibility index (Phi) is 4.02. The normalized spacial score (nSPS) is 14.2. The first kappa shape index (κ1) is 13.5. The van der Waals surface area contributed by atoms with Gasteiger partial charge in [-0.05, 0) is 24.7 Å². The van der Waals surface area contributed by atoms with Crippen LogP contribution in [-0.2, 0) is 13.5 Å². The first-order valence-corrected chi connectivity index (χ1v) is 5.94. The van der Waals surface area contributed by atoms with Crippen molar-refractivity contribution in [3.8, 4) is 0 Å². The zero-order valence-electron chi connectivity index (χ0n) is 10.7. The summed E-state index contributed by atoms with van der Waals surface area (Å²) < 4.78 is 1.81. The van der Waals surface area contributed by atoms with Crippen LogP contribution in [0.4, 0.5) is 0 Å². The molecule has 0 saturated carbocycles. The summed E-state index contributed by atoms with van der Waals surface area (Å²) in [5, 5.41) is 14.4. The van der Waals surface area contributed by atoms with Gasteiger partial charge in [0.05, 0.1) is 16.4 Å². The molecule has 0 aliphatic carbocycles. The second-order valence-electron chi connectivity index (χ2n) is 5.42. The fourth-order valence-corrected chi connectivity index (χ4v) is 2.02. The van der Waals surface area contributed by atoms with Gasteiger partial charge in [0.25, 0.3) is 0 Å². The van der Waals surface area contributed by atoms with E-state index in [9.17, 15) is 5.11 Å². The predicted molar refractivity (Wildman–Crippen MR) is 66.7 cm³/mol. The van der Waals surface area contributed by atoms with Crippen LogP contribution in [0.25, 0.3) is 0 Å². The summed E-state index contributed by atoms with van der Waals surface area (Å²) >= 11 is 6.20. The van der Waals surface area contributed by atoms with Crippen LogP contribution in [0.3, 0.4) is 0 Å². The number of aromatic nitrogens is 2. The Bertz CT molecular complexity index is 366. The molecule has 0 saturated heterocycles. The van der Waals surface area contributed by atoms with Gasteiger partial charge >= 0.3 is 0 Å². The van der Waals surface area contributed by atoms with Gasteiger partial charge in [0.1, 0.15) is 0 Å². The number of halogens is 1. The van der Waals surface area contributed by atoms with Crippen LogP contribution in [0.2, 0.25) is 5.02 Å². The maximum absolute atomic E-state index is 9.44. The summed E-state index contributed by atoms with van der Waals surface area (Å²) in [5.74, 6) is 0.194. The maximum Gasteiger partial charge on any atom is 0.0847 e. The maximum atomic E-state index is 9.44. The molecule has 1 unspecified atom stereocenters. The SMILES string of the molecule is Cc1nn(C)c(CC(CO)C(C)(C)C)c1Cl. The van der Waals surface area contributed by atoms with Crippen molar-refractivity contribution in [2.45, 2.75) is 34.1 Å². The summed E-state index contributed by atoms with van der Waals surface area (Å²) in [7, 11) is 1.89. The molecule has 16 heavy (non-hydrogen) atoms. The standard InChI is InChI=1S/C12H21ClN2O/c1-8-11(13)10(15(5)14-8)6-9(7-16)12(2,3)4/h9,16H,6-7H2,1-5H3. The van der Waals surface area contributed by atoms with Gasteiger partial charge < -0.3 is 5.11 Å². The lowest BCUT2D eigenvalue weighted by Crippen LogP contribution is -2.27. The molecule has 1 N–H and O–H groups in total. The van der Waals surface area contributed by atoms with E-state index in [1.807, 2.05) is 18.7 Å². The van der Waals surface area contributed by atoms with E-state index >= 15 is 0 Å². The van der Waals surface area contributed by atoms with Crippen molar-refractivity contribution in [1.82, 2.24) is 9.78 Å². The average molecular weight is 245 g/mol. The molecule has 0 radical (unpaired) electrons. The second-order valence-corrected chi connectivity index (χ2v) is 5.80. The molecule has 1 atom stereocenters. The van der Waals surface area contributed by atoms with Gasteiger partial charge in [-0.25, -0.2) is 0 Å². The van der Waals surface area contributed by atoms with E-state index in [1.54, 1.807) is 0 Å². The molecule has 0 aliphatic heterocycles. The van der Waals surface area contributed by atoms with Crippen LogP contribution in [0.5, 0.6) is 0 Å². The predicted octanol–water partition coefficient (Wildman–Crippen LogP) is 2.58. The number of hydrogen-bond donors (Lipinski definition) is 1. The van der Waals surface area contributed by atoms with E-state index in [1.165, 1.54) is 0 Å². The van der Waals surface area contributed by atoms with Gasteiger partial charge in [-0.2, -0.15) is 5.10 Å². The minimum atomic E-state index is 0.0657. The van der Waals surface area contributed by atoms with E-state index in [2.05, 4.69) is 25.9 Å². The van der Waals surface area contributed by atoms with Gasteiger partial charge in [-0.15, -0.1) is 0 Å². The zero-order chi connectivity index (χ0) is 12.5. The van der Waals surface area contributed by atoms with Crippen molar-refractivity contribution < 1.29 is 5.11 Å². The molecule has 1 heterocycles. The molecule has 92 valence electrons. The van der Waals surface area contributed by atoms with E-state index in [0.717, 1.165) is 22.8 Å². The number of aliphatic hydroxyl groups excluding tert-OH is 1. The number of nitrogens with zero attached hydrogens (tertiary/aromatic N) is 2. The minimum Gasteiger partial charge on any atom is -0.396 e. The minimum absolute atomic E-state index is 0.0657. The topological polar surface area (TPSA) is 38.0 Å². The second kappa shape index (κ2) is 4.76. The van der Waals surface area contributed by atoms with Gasteiger partial charge in [-0.3, -0.25) is 4.68 Å². The first-order chi connectivity index (χ1) is 7.27. The highest BCUT2D eigenvalue weighted by atomic mass is 35.5. The molecule has 0 aromatic carbocycles. The third kappa shape index (κ3) is 2.77. The smallest absolute Gasteiger partial charge is 0.0847 e. The Morgan fingerprint density at radius 2 is 2.00 bits per heavy atom. The van der Waals surface area contributed by atoms with Crippen molar-refractivity contribution in [2.24, 2.45) is 18.4 Å². The van der Waals surface area contributed by atoms with Crippen LogP contribution in [0, 0.1) is 18.3 Å². The van der Waals surface area contributed by atoms with Gasteiger partial charge in [-0.1, -0.05) is 32.4 Å². The Balaban J connectivity index is 2.95. The third-order valence-corrected chi connectivity index (χ3v) is 3.64. The fourth-order valence-electron chi connectivity index (χ4n) is 1.78. The lowest BCUT2D eigenvalue weighted by Gasteiger charge is -2.29. The van der Waals surface area contributed by atoms with Crippen molar-refractivity contribution in [3.63, 3.8) is 0 Å². The van der Waals surface area contributed by atoms with Gasteiger partial charge in [0, 0.05) is 13.7 Å². The highest BCUT2D eigenvalue weighted by Gasteiger charge is 2.26. The number of aryl methyl sites for hydroxylation is 2. The molecule has 4 heteroatoms. The number of rotatable bonds is 3. The summed E-state index contributed by atoms with van der Waals surface area (Å²) in [4.78, 5) is 0. The van der Waals surface area contributed by atoms with Crippen molar-refractivity contribution >= 4 is 11.6 Å². The molecule has 0 amide bonds. The molecule has 0 fully saturated rings. The quantitative estimate of drug-likeness (QED) is 0.888. The summed E-state index contributed by atoms with van der Waals surface area (Å²) in [6, 6.07) is 0. The van der Waals surface area contributed by atoms with Gasteiger partial charge in [0.15, 0.2) is 0 Å². The van der Waals surface area contributed by atoms with Crippen LogP contribution >= 0.6 is 11.6 Å². The monoisotopic (exact) mass is 244 g/mol. The number of hydrogen-bond acceptors (Lipinski definition) is 2. The van der Waals surface area contributed by atoms with Crippen molar-refractivity contribution in [3.05, 3.63) is 16.4 Å². The first-order valence-electron chi connectivity index (χ1n) is 5.56. The van der Waals surface area contributed by atoms with Crippen LogP contribution in [0.15, 0.2) is 0 Å². The average Bonchev–Trinajstić information content (AvgIpc) is 2.37. The van der Waals surface area contributed by atoms with E-state index in [-0.39, 0.29) is 17.9 Å². The van der Waals surface area contributed by atoms with Crippen LogP contribution < -0.4 is 0 Å². The third-order valence-electron chi connectivity index (χ3n) is 3.15. The number of aliphatic hydroxyl groups is 1. The summed E-state index contributed by atoms with van der Waals surface area (Å²) in [5.41, 5.74) is 1.92.